The first-order valence-electron chi connectivity index (χ1n) is 8.66. The van der Waals surface area contributed by atoms with Crippen LogP contribution in [0.3, 0.4) is 0 Å². The molecule has 4 nitrogen and oxygen atoms in total. The number of carbonyl (C=O) groups excluding carboxylic acids is 1. The molecule has 4 heteroatoms. The average molecular weight is 318 g/mol. The van der Waals surface area contributed by atoms with Gasteiger partial charge in [-0.3, -0.25) is 0 Å². The fourth-order valence-corrected chi connectivity index (χ4v) is 3.04. The normalized spacial score (nSPS) is 18.1. The number of urea groups is 1. The van der Waals surface area contributed by atoms with Crippen molar-refractivity contribution in [2.24, 2.45) is 0 Å². The first kappa shape index (κ1) is 17.8. The van der Waals surface area contributed by atoms with Crippen molar-refractivity contribution in [2.75, 3.05) is 11.9 Å². The third-order valence-electron chi connectivity index (χ3n) is 4.62. The first-order valence-corrected chi connectivity index (χ1v) is 8.66. The number of rotatable bonds is 3. The molecule has 2 rings (SSSR count). The fraction of sp³-hybridized carbons (Fsp3) is 0.632. The summed E-state index contributed by atoms with van der Waals surface area (Å²) in [5.74, 6) is 0. The van der Waals surface area contributed by atoms with Crippen LogP contribution in [0.25, 0.3) is 0 Å². The van der Waals surface area contributed by atoms with E-state index in [-0.39, 0.29) is 11.4 Å². The van der Waals surface area contributed by atoms with Gasteiger partial charge in [-0.15, -0.1) is 0 Å². The van der Waals surface area contributed by atoms with Crippen LogP contribution in [0.15, 0.2) is 24.3 Å². The van der Waals surface area contributed by atoms with Crippen LogP contribution in [0.4, 0.5) is 10.5 Å². The molecule has 0 atom stereocenters. The van der Waals surface area contributed by atoms with Gasteiger partial charge in [0, 0.05) is 12.2 Å². The van der Waals surface area contributed by atoms with E-state index in [2.05, 4.69) is 31.4 Å². The van der Waals surface area contributed by atoms with Crippen LogP contribution in [-0.2, 0) is 5.41 Å². The van der Waals surface area contributed by atoms with Gasteiger partial charge in [0.1, 0.15) is 0 Å². The quantitative estimate of drug-likeness (QED) is 0.732. The molecule has 1 fully saturated rings. The molecular weight excluding hydrogens is 288 g/mol. The molecule has 0 aliphatic heterocycles. The number of aliphatic hydroxyl groups is 1. The van der Waals surface area contributed by atoms with E-state index in [4.69, 9.17) is 0 Å². The zero-order valence-electron chi connectivity index (χ0n) is 14.6. The van der Waals surface area contributed by atoms with E-state index in [1.54, 1.807) is 0 Å². The zero-order chi connectivity index (χ0) is 16.9. The Hall–Kier alpha value is -1.55. The number of hydrogen-bond acceptors (Lipinski definition) is 2. The fourth-order valence-electron chi connectivity index (χ4n) is 3.04. The van der Waals surface area contributed by atoms with Gasteiger partial charge in [0.25, 0.3) is 0 Å². The number of carbonyl (C=O) groups is 1. The summed E-state index contributed by atoms with van der Waals surface area (Å²) in [5, 5.41) is 16.2. The highest BCUT2D eigenvalue weighted by molar-refractivity contribution is 5.89. The topological polar surface area (TPSA) is 61.4 Å². The molecule has 1 saturated carbocycles. The molecule has 23 heavy (non-hydrogen) atoms. The van der Waals surface area contributed by atoms with E-state index in [0.717, 1.165) is 31.4 Å². The van der Waals surface area contributed by atoms with E-state index < -0.39 is 5.60 Å². The molecule has 3 N–H and O–H groups in total. The van der Waals surface area contributed by atoms with Crippen molar-refractivity contribution in [2.45, 2.75) is 70.3 Å². The number of benzene rings is 1. The summed E-state index contributed by atoms with van der Waals surface area (Å²) >= 11 is 0. The Morgan fingerprint density at radius 2 is 1.65 bits per heavy atom. The molecule has 0 heterocycles. The number of hydrogen-bond donors (Lipinski definition) is 3. The lowest BCUT2D eigenvalue weighted by atomic mass is 9.87. The molecule has 0 bridgehead atoms. The highest BCUT2D eigenvalue weighted by Crippen LogP contribution is 2.26. The van der Waals surface area contributed by atoms with Crippen LogP contribution in [0.1, 0.15) is 64.9 Å². The largest absolute Gasteiger partial charge is 0.388 e. The molecule has 2 amide bonds. The lowest BCUT2D eigenvalue weighted by molar-refractivity contribution is 0.0281. The molecule has 0 spiro atoms. The van der Waals surface area contributed by atoms with Crippen LogP contribution in [0, 0.1) is 0 Å². The van der Waals surface area contributed by atoms with E-state index in [9.17, 15) is 9.90 Å². The Labute approximate surface area is 139 Å². The van der Waals surface area contributed by atoms with Gasteiger partial charge in [0.05, 0.1) is 5.60 Å². The number of nitrogens with one attached hydrogen (secondary N) is 2. The van der Waals surface area contributed by atoms with Gasteiger partial charge in [-0.05, 0) is 36.0 Å². The zero-order valence-corrected chi connectivity index (χ0v) is 14.6. The van der Waals surface area contributed by atoms with Crippen molar-refractivity contribution in [1.29, 1.82) is 0 Å². The SMILES string of the molecule is CC(C)(C)c1ccc(NC(=O)NCC2(O)CCCCCC2)cc1. The number of amides is 2. The molecule has 0 saturated heterocycles. The van der Waals surface area contributed by atoms with Gasteiger partial charge in [-0.1, -0.05) is 58.6 Å². The smallest absolute Gasteiger partial charge is 0.319 e. The van der Waals surface area contributed by atoms with E-state index in [0.29, 0.717) is 6.54 Å². The molecule has 0 radical (unpaired) electrons. The van der Waals surface area contributed by atoms with Crippen molar-refractivity contribution in [3.05, 3.63) is 29.8 Å². The lowest BCUT2D eigenvalue weighted by Crippen LogP contribution is -2.44. The minimum Gasteiger partial charge on any atom is -0.388 e. The third-order valence-corrected chi connectivity index (χ3v) is 4.62. The monoisotopic (exact) mass is 318 g/mol. The van der Waals surface area contributed by atoms with Crippen LogP contribution in [0.5, 0.6) is 0 Å². The minimum atomic E-state index is -0.746. The predicted octanol–water partition coefficient (Wildman–Crippen LogP) is 4.19. The van der Waals surface area contributed by atoms with Crippen LogP contribution in [0.2, 0.25) is 0 Å². The van der Waals surface area contributed by atoms with Gasteiger partial charge in [0.2, 0.25) is 0 Å². The minimum absolute atomic E-state index is 0.101. The standard InChI is InChI=1S/C19H30N2O2/c1-18(2,3)15-8-10-16(11-9-15)21-17(22)20-14-19(23)12-6-4-5-7-13-19/h8-11,23H,4-7,12-14H2,1-3H3,(H2,20,21,22). The van der Waals surface area contributed by atoms with Crippen molar-refractivity contribution in [3.63, 3.8) is 0 Å². The van der Waals surface area contributed by atoms with Gasteiger partial charge in [0.15, 0.2) is 0 Å². The van der Waals surface area contributed by atoms with Crippen LogP contribution < -0.4 is 10.6 Å². The van der Waals surface area contributed by atoms with E-state index in [1.165, 1.54) is 18.4 Å². The van der Waals surface area contributed by atoms with Crippen molar-refractivity contribution >= 4 is 11.7 Å². The Balaban J connectivity index is 1.84. The Bertz CT molecular complexity index is 509. The molecule has 1 aromatic rings. The number of anilines is 1. The molecule has 1 aliphatic carbocycles. The van der Waals surface area contributed by atoms with Crippen molar-refractivity contribution < 1.29 is 9.90 Å². The third kappa shape index (κ3) is 5.54. The highest BCUT2D eigenvalue weighted by atomic mass is 16.3. The molecular formula is C19H30N2O2. The summed E-state index contributed by atoms with van der Waals surface area (Å²) in [6.07, 6.45) is 5.96. The molecule has 0 aromatic heterocycles. The summed E-state index contributed by atoms with van der Waals surface area (Å²) in [5.41, 5.74) is 1.35. The van der Waals surface area contributed by atoms with Gasteiger partial charge in [-0.25, -0.2) is 4.79 Å². The van der Waals surface area contributed by atoms with Gasteiger partial charge < -0.3 is 15.7 Å². The first-order chi connectivity index (χ1) is 10.8. The second-order valence-electron chi connectivity index (χ2n) is 7.77. The summed E-state index contributed by atoms with van der Waals surface area (Å²) in [6.45, 7) is 6.81. The second kappa shape index (κ2) is 7.35. The molecule has 1 aromatic carbocycles. The van der Waals surface area contributed by atoms with Gasteiger partial charge >= 0.3 is 6.03 Å². The second-order valence-corrected chi connectivity index (χ2v) is 7.77. The van der Waals surface area contributed by atoms with Crippen molar-refractivity contribution in [3.8, 4) is 0 Å². The maximum absolute atomic E-state index is 12.0. The predicted molar refractivity (Wildman–Crippen MR) is 94.8 cm³/mol. The Morgan fingerprint density at radius 1 is 1.09 bits per heavy atom. The van der Waals surface area contributed by atoms with Crippen molar-refractivity contribution in [1.82, 2.24) is 5.32 Å². The van der Waals surface area contributed by atoms with E-state index >= 15 is 0 Å². The summed E-state index contributed by atoms with van der Waals surface area (Å²) in [7, 11) is 0. The van der Waals surface area contributed by atoms with Crippen LogP contribution >= 0.6 is 0 Å². The van der Waals surface area contributed by atoms with Gasteiger partial charge in [-0.2, -0.15) is 0 Å². The van der Waals surface area contributed by atoms with E-state index in [1.807, 2.05) is 24.3 Å². The summed E-state index contributed by atoms with van der Waals surface area (Å²) in [6, 6.07) is 7.65. The Kier molecular flexibility index (Phi) is 5.69. The Morgan fingerprint density at radius 3 is 2.17 bits per heavy atom. The molecule has 1 aliphatic rings. The molecule has 128 valence electrons. The van der Waals surface area contributed by atoms with Crippen LogP contribution in [-0.4, -0.2) is 23.3 Å². The average Bonchev–Trinajstić information content (AvgIpc) is 2.70. The maximum atomic E-state index is 12.0. The summed E-state index contributed by atoms with van der Waals surface area (Å²) < 4.78 is 0. The highest BCUT2D eigenvalue weighted by Gasteiger charge is 2.28. The maximum Gasteiger partial charge on any atom is 0.319 e. The lowest BCUT2D eigenvalue weighted by Gasteiger charge is -2.26. The summed E-state index contributed by atoms with van der Waals surface area (Å²) in [4.78, 5) is 12.0. The molecule has 0 unspecified atom stereocenters.